The monoisotopic (exact) mass is 328 g/mol. The van der Waals surface area contributed by atoms with Crippen molar-refractivity contribution in [2.24, 2.45) is 0 Å². The molecule has 0 bridgehead atoms. The van der Waals surface area contributed by atoms with Gasteiger partial charge in [0.15, 0.2) is 0 Å². The summed E-state index contributed by atoms with van der Waals surface area (Å²) in [6.07, 6.45) is 2.46. The fourth-order valence-electron chi connectivity index (χ4n) is 2.03. The second-order valence-electron chi connectivity index (χ2n) is 5.48. The molecule has 0 spiro atoms. The van der Waals surface area contributed by atoms with Crippen LogP contribution in [0, 0.1) is 0 Å². The summed E-state index contributed by atoms with van der Waals surface area (Å²) >= 11 is 1.74. The molecule has 1 aliphatic rings. The van der Waals surface area contributed by atoms with Gasteiger partial charge in [0.2, 0.25) is 10.0 Å². The molecular weight excluding hydrogens is 304 g/mol. The largest absolute Gasteiger partial charge is 0.310 e. The molecular formula is C15H24N2O2S2. The van der Waals surface area contributed by atoms with E-state index >= 15 is 0 Å². The zero-order valence-corrected chi connectivity index (χ0v) is 14.3. The summed E-state index contributed by atoms with van der Waals surface area (Å²) in [4.78, 5) is 0.353. The van der Waals surface area contributed by atoms with Crippen molar-refractivity contribution in [2.45, 2.75) is 50.2 Å². The number of benzene rings is 1. The number of sulfonamides is 1. The highest BCUT2D eigenvalue weighted by Crippen LogP contribution is 2.20. The molecule has 0 saturated heterocycles. The van der Waals surface area contributed by atoms with Crippen LogP contribution < -0.4 is 10.0 Å². The highest BCUT2D eigenvalue weighted by atomic mass is 32.2. The zero-order chi connectivity index (χ0) is 15.3. The lowest BCUT2D eigenvalue weighted by atomic mass is 10.2. The van der Waals surface area contributed by atoms with E-state index in [1.807, 2.05) is 19.1 Å². The summed E-state index contributed by atoms with van der Waals surface area (Å²) in [6, 6.07) is 7.75. The maximum atomic E-state index is 12.4. The zero-order valence-electron chi connectivity index (χ0n) is 12.6. The molecule has 1 fully saturated rings. The highest BCUT2D eigenvalue weighted by Gasteiger charge is 2.21. The van der Waals surface area contributed by atoms with E-state index in [9.17, 15) is 8.42 Å². The second-order valence-corrected chi connectivity index (χ2v) is 8.52. The molecule has 0 radical (unpaired) electrons. The van der Waals surface area contributed by atoms with Crippen molar-refractivity contribution in [3.05, 3.63) is 29.8 Å². The second kappa shape index (κ2) is 7.63. The first-order chi connectivity index (χ1) is 10.0. The molecule has 21 heavy (non-hydrogen) atoms. The van der Waals surface area contributed by atoms with Gasteiger partial charge in [-0.3, -0.25) is 0 Å². The Morgan fingerprint density at radius 1 is 1.38 bits per heavy atom. The van der Waals surface area contributed by atoms with Gasteiger partial charge >= 0.3 is 0 Å². The predicted octanol–water partition coefficient (Wildman–Crippen LogP) is 2.36. The highest BCUT2D eigenvalue weighted by molar-refractivity contribution is 7.99. The van der Waals surface area contributed by atoms with Gasteiger partial charge in [0, 0.05) is 24.4 Å². The van der Waals surface area contributed by atoms with Gasteiger partial charge in [0.1, 0.15) is 0 Å². The molecule has 4 nitrogen and oxygen atoms in total. The van der Waals surface area contributed by atoms with Crippen LogP contribution >= 0.6 is 11.8 Å². The van der Waals surface area contributed by atoms with Crippen LogP contribution in [0.4, 0.5) is 0 Å². The summed E-state index contributed by atoms with van der Waals surface area (Å²) in [7, 11) is -3.43. The van der Waals surface area contributed by atoms with E-state index < -0.39 is 10.0 Å². The quantitative estimate of drug-likeness (QED) is 0.731. The molecule has 1 atom stereocenters. The lowest BCUT2D eigenvalue weighted by Crippen LogP contribution is -2.34. The van der Waals surface area contributed by atoms with E-state index in [-0.39, 0.29) is 6.04 Å². The lowest BCUT2D eigenvalue weighted by Gasteiger charge is -2.14. The Hall–Kier alpha value is -0.560. The summed E-state index contributed by atoms with van der Waals surface area (Å²) in [6.45, 7) is 4.70. The molecule has 118 valence electrons. The Kier molecular flexibility index (Phi) is 6.10. The SMILES string of the molecule is CCSCC(C)NS(=O)(=O)c1cccc(CNC2CC2)c1. The molecule has 1 aromatic rings. The van der Waals surface area contributed by atoms with Gasteiger partial charge in [-0.15, -0.1) is 0 Å². The van der Waals surface area contributed by atoms with Gasteiger partial charge < -0.3 is 5.32 Å². The van der Waals surface area contributed by atoms with Crippen LogP contribution in [0.15, 0.2) is 29.2 Å². The van der Waals surface area contributed by atoms with Gasteiger partial charge in [-0.2, -0.15) is 11.8 Å². The van der Waals surface area contributed by atoms with Gasteiger partial charge in [-0.1, -0.05) is 19.1 Å². The van der Waals surface area contributed by atoms with E-state index in [0.29, 0.717) is 10.9 Å². The van der Waals surface area contributed by atoms with Crippen LogP contribution in [-0.4, -0.2) is 32.0 Å². The first-order valence-corrected chi connectivity index (χ1v) is 10.1. The Balaban J connectivity index is 1.99. The van der Waals surface area contributed by atoms with Crippen molar-refractivity contribution in [1.29, 1.82) is 0 Å². The van der Waals surface area contributed by atoms with Gasteiger partial charge in [0.25, 0.3) is 0 Å². The van der Waals surface area contributed by atoms with E-state index in [2.05, 4.69) is 17.0 Å². The Labute approximate surface area is 132 Å². The van der Waals surface area contributed by atoms with Crippen molar-refractivity contribution < 1.29 is 8.42 Å². The van der Waals surface area contributed by atoms with Crippen molar-refractivity contribution in [2.75, 3.05) is 11.5 Å². The molecule has 0 aliphatic heterocycles. The number of thioether (sulfide) groups is 1. The van der Waals surface area contributed by atoms with Crippen molar-refractivity contribution >= 4 is 21.8 Å². The Morgan fingerprint density at radius 2 is 2.14 bits per heavy atom. The number of hydrogen-bond acceptors (Lipinski definition) is 4. The standard InChI is InChI=1S/C15H24N2O2S2/c1-3-20-11-12(2)17-21(18,19)15-6-4-5-13(9-15)10-16-14-7-8-14/h4-6,9,12,14,16-17H,3,7-8,10-11H2,1-2H3. The van der Waals surface area contributed by atoms with Crippen LogP contribution in [-0.2, 0) is 16.6 Å². The fourth-order valence-corrected chi connectivity index (χ4v) is 4.13. The molecule has 2 N–H and O–H groups in total. The van der Waals surface area contributed by atoms with E-state index in [1.165, 1.54) is 12.8 Å². The predicted molar refractivity (Wildman–Crippen MR) is 89.1 cm³/mol. The molecule has 0 aromatic heterocycles. The van der Waals surface area contributed by atoms with Crippen molar-refractivity contribution in [3.8, 4) is 0 Å². The molecule has 0 heterocycles. The first kappa shape index (κ1) is 16.8. The van der Waals surface area contributed by atoms with E-state index in [4.69, 9.17) is 0 Å². The van der Waals surface area contributed by atoms with Gasteiger partial charge in [-0.05, 0) is 43.2 Å². The summed E-state index contributed by atoms with van der Waals surface area (Å²) in [5, 5.41) is 3.40. The summed E-state index contributed by atoms with van der Waals surface area (Å²) in [5.41, 5.74) is 1.01. The maximum Gasteiger partial charge on any atom is 0.240 e. The third-order valence-corrected chi connectivity index (χ3v) is 6.04. The number of hydrogen-bond donors (Lipinski definition) is 2. The Morgan fingerprint density at radius 3 is 2.81 bits per heavy atom. The first-order valence-electron chi connectivity index (χ1n) is 7.43. The summed E-state index contributed by atoms with van der Waals surface area (Å²) in [5.74, 6) is 1.78. The number of rotatable bonds is 9. The summed E-state index contributed by atoms with van der Waals surface area (Å²) < 4.78 is 27.5. The third-order valence-electron chi connectivity index (χ3n) is 3.31. The molecule has 0 amide bonds. The molecule has 2 rings (SSSR count). The molecule has 1 aliphatic carbocycles. The molecule has 6 heteroatoms. The van der Waals surface area contributed by atoms with Crippen LogP contribution in [0.2, 0.25) is 0 Å². The van der Waals surface area contributed by atoms with E-state index in [1.54, 1.807) is 23.9 Å². The molecule has 1 unspecified atom stereocenters. The van der Waals surface area contributed by atoms with Crippen LogP contribution in [0.1, 0.15) is 32.3 Å². The minimum Gasteiger partial charge on any atom is -0.310 e. The van der Waals surface area contributed by atoms with Crippen molar-refractivity contribution in [1.82, 2.24) is 10.0 Å². The smallest absolute Gasteiger partial charge is 0.240 e. The van der Waals surface area contributed by atoms with Crippen LogP contribution in [0.25, 0.3) is 0 Å². The normalized spacial score (nSPS) is 16.9. The topological polar surface area (TPSA) is 58.2 Å². The van der Waals surface area contributed by atoms with Crippen molar-refractivity contribution in [3.63, 3.8) is 0 Å². The molecule has 1 saturated carbocycles. The van der Waals surface area contributed by atoms with Gasteiger partial charge in [0.05, 0.1) is 4.90 Å². The minimum absolute atomic E-state index is 0.0619. The third kappa shape index (κ3) is 5.62. The van der Waals surface area contributed by atoms with E-state index in [0.717, 1.165) is 23.6 Å². The molecule has 1 aromatic carbocycles. The van der Waals surface area contributed by atoms with Crippen LogP contribution in [0.5, 0.6) is 0 Å². The lowest BCUT2D eigenvalue weighted by molar-refractivity contribution is 0.570. The van der Waals surface area contributed by atoms with Crippen LogP contribution in [0.3, 0.4) is 0 Å². The Bertz CT molecular complexity index is 557. The fraction of sp³-hybridized carbons (Fsp3) is 0.600. The number of nitrogens with one attached hydrogen (secondary N) is 2. The minimum atomic E-state index is -3.43. The average Bonchev–Trinajstić information content (AvgIpc) is 3.27. The average molecular weight is 329 g/mol. The maximum absolute atomic E-state index is 12.4. The van der Waals surface area contributed by atoms with Gasteiger partial charge in [-0.25, -0.2) is 13.1 Å².